The number of hydrogen-bond acceptors (Lipinski definition) is 4. The van der Waals surface area contributed by atoms with Gasteiger partial charge in [0.15, 0.2) is 5.72 Å². The molecule has 0 radical (unpaired) electrons. The number of benzene rings is 3. The Labute approximate surface area is 197 Å². The van der Waals surface area contributed by atoms with E-state index in [2.05, 4.69) is 25.9 Å². The van der Waals surface area contributed by atoms with Crippen molar-refractivity contribution < 1.29 is 19.8 Å². The molecule has 5 rings (SSSR count). The standard InChI is InChI=1S/C24H19BrN4O4/c1-28(23(31)32)22-26-19-11-10-15(12-20(19)27-22)24(33)17-8-4-3-7-16(17)21(30)29(24)13-14-6-2-5-9-18(14)25/h2-12,33H,13H2,1H3,(H,26,27)(H,31,32). The maximum atomic E-state index is 13.4. The number of amides is 2. The van der Waals surface area contributed by atoms with Crippen molar-refractivity contribution in [1.29, 1.82) is 0 Å². The van der Waals surface area contributed by atoms with E-state index in [1.165, 1.54) is 11.9 Å². The second kappa shape index (κ2) is 7.72. The SMILES string of the molecule is CN(C(=O)O)c1nc2ccc(C3(O)c4ccccc4C(=O)N3Cc3ccccc3Br)cc2[nH]1. The fourth-order valence-electron chi connectivity index (χ4n) is 4.17. The van der Waals surface area contributed by atoms with Crippen molar-refractivity contribution in [3.8, 4) is 0 Å². The van der Waals surface area contributed by atoms with Gasteiger partial charge in [-0.1, -0.05) is 58.4 Å². The lowest BCUT2D eigenvalue weighted by Crippen LogP contribution is -2.44. The number of fused-ring (bicyclic) bond motifs is 2. The van der Waals surface area contributed by atoms with E-state index >= 15 is 0 Å². The average Bonchev–Trinajstić information content (AvgIpc) is 3.33. The predicted molar refractivity (Wildman–Crippen MR) is 126 cm³/mol. The lowest BCUT2D eigenvalue weighted by molar-refractivity contribution is -0.0543. The van der Waals surface area contributed by atoms with E-state index in [9.17, 15) is 19.8 Å². The van der Waals surface area contributed by atoms with Crippen molar-refractivity contribution >= 4 is 44.9 Å². The highest BCUT2D eigenvalue weighted by Gasteiger charge is 2.49. The molecule has 0 bridgehead atoms. The molecule has 3 N–H and O–H groups in total. The summed E-state index contributed by atoms with van der Waals surface area (Å²) in [6.07, 6.45) is -1.15. The van der Waals surface area contributed by atoms with Gasteiger partial charge >= 0.3 is 6.09 Å². The molecule has 0 fully saturated rings. The van der Waals surface area contributed by atoms with E-state index in [1.807, 2.05) is 24.3 Å². The topological polar surface area (TPSA) is 110 Å². The zero-order valence-electron chi connectivity index (χ0n) is 17.5. The minimum atomic E-state index is -1.72. The van der Waals surface area contributed by atoms with Crippen LogP contribution in [0.5, 0.6) is 0 Å². The highest BCUT2D eigenvalue weighted by molar-refractivity contribution is 9.10. The Morgan fingerprint density at radius 2 is 1.88 bits per heavy atom. The van der Waals surface area contributed by atoms with Crippen molar-refractivity contribution in [2.24, 2.45) is 0 Å². The Kier molecular flexibility index (Phi) is 4.95. The quantitative estimate of drug-likeness (QED) is 0.382. The largest absolute Gasteiger partial charge is 0.465 e. The number of halogens is 1. The number of carboxylic acid groups (broad SMARTS) is 1. The molecule has 0 aliphatic carbocycles. The first-order valence-corrected chi connectivity index (χ1v) is 10.9. The number of hydrogen-bond donors (Lipinski definition) is 3. The van der Waals surface area contributed by atoms with Crippen LogP contribution in [0.1, 0.15) is 27.0 Å². The van der Waals surface area contributed by atoms with Gasteiger partial charge in [-0.3, -0.25) is 14.6 Å². The van der Waals surface area contributed by atoms with Gasteiger partial charge in [-0.05, 0) is 29.8 Å². The third-order valence-corrected chi connectivity index (χ3v) is 6.71. The minimum Gasteiger partial charge on any atom is -0.465 e. The summed E-state index contributed by atoms with van der Waals surface area (Å²) in [5, 5.41) is 21.4. The molecular weight excluding hydrogens is 488 g/mol. The Balaban J connectivity index is 1.65. The molecule has 2 amide bonds. The minimum absolute atomic E-state index is 0.162. The lowest BCUT2D eigenvalue weighted by atomic mass is 9.93. The maximum Gasteiger partial charge on any atom is 0.413 e. The molecule has 0 saturated heterocycles. The predicted octanol–water partition coefficient (Wildman–Crippen LogP) is 4.29. The molecule has 33 heavy (non-hydrogen) atoms. The molecule has 8 nitrogen and oxygen atoms in total. The summed E-state index contributed by atoms with van der Waals surface area (Å²) in [6, 6.07) is 19.7. The molecule has 1 atom stereocenters. The van der Waals surface area contributed by atoms with Crippen molar-refractivity contribution in [2.75, 3.05) is 11.9 Å². The molecular formula is C24H19BrN4O4. The summed E-state index contributed by atoms with van der Waals surface area (Å²) in [4.78, 5) is 34.4. The Hall–Kier alpha value is -3.69. The molecule has 3 aromatic carbocycles. The van der Waals surface area contributed by atoms with E-state index in [1.54, 1.807) is 42.5 Å². The smallest absolute Gasteiger partial charge is 0.413 e. The zero-order chi connectivity index (χ0) is 23.3. The van der Waals surface area contributed by atoms with Crippen LogP contribution in [-0.4, -0.2) is 44.1 Å². The van der Waals surface area contributed by atoms with Crippen LogP contribution in [0.4, 0.5) is 10.7 Å². The van der Waals surface area contributed by atoms with Gasteiger partial charge in [0.05, 0.1) is 17.6 Å². The fourth-order valence-corrected chi connectivity index (χ4v) is 4.58. The average molecular weight is 507 g/mol. The van der Waals surface area contributed by atoms with Crippen LogP contribution >= 0.6 is 15.9 Å². The van der Waals surface area contributed by atoms with Crippen molar-refractivity contribution in [3.63, 3.8) is 0 Å². The van der Waals surface area contributed by atoms with Crippen LogP contribution in [0, 0.1) is 0 Å². The van der Waals surface area contributed by atoms with Crippen molar-refractivity contribution in [1.82, 2.24) is 14.9 Å². The van der Waals surface area contributed by atoms with Gasteiger partial charge in [0.2, 0.25) is 5.95 Å². The molecule has 4 aromatic rings. The van der Waals surface area contributed by atoms with Gasteiger partial charge in [-0.25, -0.2) is 9.78 Å². The molecule has 1 aliphatic heterocycles. The Morgan fingerprint density at radius 3 is 2.64 bits per heavy atom. The van der Waals surface area contributed by atoms with Crippen LogP contribution < -0.4 is 4.90 Å². The molecule has 1 unspecified atom stereocenters. The third kappa shape index (κ3) is 3.28. The van der Waals surface area contributed by atoms with E-state index < -0.39 is 11.8 Å². The number of carbonyl (C=O) groups is 2. The number of H-pyrrole nitrogens is 1. The number of aromatic amines is 1. The number of nitrogens with zero attached hydrogens (tertiary/aromatic N) is 3. The molecule has 0 saturated carbocycles. The number of aliphatic hydroxyl groups is 1. The van der Waals surface area contributed by atoms with Crippen LogP contribution in [0.3, 0.4) is 0 Å². The van der Waals surface area contributed by atoms with Gasteiger partial charge in [-0.2, -0.15) is 0 Å². The summed E-state index contributed by atoms with van der Waals surface area (Å²) in [6.45, 7) is 0.180. The summed E-state index contributed by atoms with van der Waals surface area (Å²) in [5.41, 5.74) is 1.61. The highest BCUT2D eigenvalue weighted by Crippen LogP contribution is 2.44. The molecule has 2 heterocycles. The van der Waals surface area contributed by atoms with Crippen LogP contribution in [0.2, 0.25) is 0 Å². The normalized spacial score (nSPS) is 17.4. The van der Waals surface area contributed by atoms with Crippen molar-refractivity contribution in [3.05, 3.63) is 93.5 Å². The first-order valence-electron chi connectivity index (χ1n) is 10.1. The fraction of sp³-hybridized carbons (Fsp3) is 0.125. The second-order valence-electron chi connectivity index (χ2n) is 7.83. The summed E-state index contributed by atoms with van der Waals surface area (Å²) in [5.74, 6) is -0.116. The third-order valence-electron chi connectivity index (χ3n) is 5.93. The Bertz CT molecular complexity index is 1420. The zero-order valence-corrected chi connectivity index (χ0v) is 19.1. The first-order chi connectivity index (χ1) is 15.8. The van der Waals surface area contributed by atoms with Crippen LogP contribution in [-0.2, 0) is 12.3 Å². The molecule has 0 spiro atoms. The lowest BCUT2D eigenvalue weighted by Gasteiger charge is -2.35. The van der Waals surface area contributed by atoms with Crippen molar-refractivity contribution in [2.45, 2.75) is 12.3 Å². The maximum absolute atomic E-state index is 13.4. The molecule has 166 valence electrons. The van der Waals surface area contributed by atoms with Crippen LogP contribution in [0.25, 0.3) is 11.0 Å². The van der Waals surface area contributed by atoms with E-state index in [4.69, 9.17) is 0 Å². The van der Waals surface area contributed by atoms with Gasteiger partial charge in [0, 0.05) is 28.2 Å². The van der Waals surface area contributed by atoms with E-state index in [0.717, 1.165) is 14.9 Å². The highest BCUT2D eigenvalue weighted by atomic mass is 79.9. The van der Waals surface area contributed by atoms with Gasteiger partial charge in [0.1, 0.15) is 0 Å². The Morgan fingerprint density at radius 1 is 1.15 bits per heavy atom. The number of anilines is 1. The summed E-state index contributed by atoms with van der Waals surface area (Å²) < 4.78 is 0.835. The first kappa shape index (κ1) is 21.2. The molecule has 9 heteroatoms. The number of nitrogens with one attached hydrogen (secondary N) is 1. The van der Waals surface area contributed by atoms with Gasteiger partial charge in [-0.15, -0.1) is 0 Å². The molecule has 1 aromatic heterocycles. The van der Waals surface area contributed by atoms with E-state index in [0.29, 0.717) is 27.7 Å². The van der Waals surface area contributed by atoms with Crippen LogP contribution in [0.15, 0.2) is 71.2 Å². The second-order valence-corrected chi connectivity index (χ2v) is 8.69. The molecule has 1 aliphatic rings. The number of carbonyl (C=O) groups excluding carboxylic acids is 1. The summed E-state index contributed by atoms with van der Waals surface area (Å²) >= 11 is 3.53. The number of aromatic nitrogens is 2. The number of rotatable bonds is 4. The monoisotopic (exact) mass is 506 g/mol. The van der Waals surface area contributed by atoms with Gasteiger partial charge in [0.25, 0.3) is 5.91 Å². The van der Waals surface area contributed by atoms with Gasteiger partial charge < -0.3 is 15.2 Å². The summed E-state index contributed by atoms with van der Waals surface area (Å²) in [7, 11) is 1.39. The van der Waals surface area contributed by atoms with E-state index in [-0.39, 0.29) is 18.4 Å². The number of imidazole rings is 1.